The number of carbonyl (C=O) groups is 1. The second kappa shape index (κ2) is 3.02. The topological polar surface area (TPSA) is 60.9 Å². The van der Waals surface area contributed by atoms with Crippen molar-refractivity contribution in [1.29, 1.82) is 0 Å². The predicted octanol–water partition coefficient (Wildman–Crippen LogP) is 1.34. The van der Waals surface area contributed by atoms with Gasteiger partial charge in [-0.25, -0.2) is 4.79 Å². The minimum Gasteiger partial charge on any atom is -0.350 e. The van der Waals surface area contributed by atoms with Crippen LogP contribution in [0, 0.1) is 6.20 Å². The van der Waals surface area contributed by atoms with Crippen molar-refractivity contribution >= 4 is 17.4 Å². The lowest BCUT2D eigenvalue weighted by molar-refractivity contribution is 0.248. The van der Waals surface area contributed by atoms with Crippen molar-refractivity contribution in [2.24, 2.45) is 5.73 Å². The van der Waals surface area contributed by atoms with Gasteiger partial charge in [-0.1, -0.05) is 6.07 Å². The number of nitrogens with two attached hydrogens (primary N) is 1. The molecule has 1 amide bonds. The molecule has 2 N–H and O–H groups in total. The molecule has 0 bridgehead atoms. The third kappa shape index (κ3) is 1.33. The monoisotopic (exact) mass is 192 g/mol. The maximum absolute atomic E-state index is 10.9. The summed E-state index contributed by atoms with van der Waals surface area (Å²) in [5.74, 6) is 0. The van der Waals surface area contributed by atoms with Crippen LogP contribution in [-0.4, -0.2) is 15.8 Å². The zero-order chi connectivity index (χ0) is 9.26. The first kappa shape index (κ1) is 8.00. The van der Waals surface area contributed by atoms with Crippen LogP contribution in [0.25, 0.3) is 10.6 Å². The van der Waals surface area contributed by atoms with E-state index in [-0.39, 0.29) is 0 Å². The Morgan fingerprint density at radius 2 is 2.54 bits per heavy atom. The maximum atomic E-state index is 10.9. The molecular weight excluding hydrogens is 186 g/mol. The number of hydrogen-bond donors (Lipinski definition) is 1. The number of rotatable bonds is 1. The Bertz CT molecular complexity index is 418. The molecule has 0 unspecified atom stereocenters. The molecule has 5 heteroatoms. The first-order chi connectivity index (χ1) is 6.29. The Hall–Kier alpha value is -1.62. The van der Waals surface area contributed by atoms with E-state index in [0.717, 1.165) is 9.56 Å². The fraction of sp³-hybridized carbons (Fsp3) is 0. The Kier molecular flexibility index (Phi) is 1.86. The van der Waals surface area contributed by atoms with Gasteiger partial charge in [0, 0.05) is 0 Å². The lowest BCUT2D eigenvalue weighted by atomic mass is 10.3. The van der Waals surface area contributed by atoms with Crippen molar-refractivity contribution in [2.75, 3.05) is 0 Å². The van der Waals surface area contributed by atoms with Gasteiger partial charge in [0.1, 0.15) is 6.20 Å². The molecule has 13 heavy (non-hydrogen) atoms. The summed E-state index contributed by atoms with van der Waals surface area (Å²) in [6, 6.07) is 4.84. The van der Waals surface area contributed by atoms with Crippen molar-refractivity contribution in [3.8, 4) is 10.6 Å². The minimum atomic E-state index is -0.593. The molecule has 0 fully saturated rings. The summed E-state index contributed by atoms with van der Waals surface area (Å²) in [6.45, 7) is 0. The standard InChI is InChI=1S/C8H6N3OS/c9-8(12)11-6(3-4-10-11)7-2-1-5-13-7/h1-3,5H,(H2,9,12). The SMILES string of the molecule is NC(=O)n1n[c]cc1-c1cccs1. The molecule has 2 aromatic rings. The van der Waals surface area contributed by atoms with Crippen molar-refractivity contribution < 1.29 is 4.79 Å². The molecular formula is C8H6N3OS. The van der Waals surface area contributed by atoms with Crippen LogP contribution in [0.2, 0.25) is 0 Å². The molecule has 0 aliphatic carbocycles. The van der Waals surface area contributed by atoms with Gasteiger partial charge in [-0.15, -0.1) is 11.3 Å². The number of primary amides is 1. The highest BCUT2D eigenvalue weighted by molar-refractivity contribution is 7.13. The van der Waals surface area contributed by atoms with Gasteiger partial charge in [0.15, 0.2) is 0 Å². The van der Waals surface area contributed by atoms with E-state index in [2.05, 4.69) is 11.3 Å². The molecule has 2 aromatic heterocycles. The predicted molar refractivity (Wildman–Crippen MR) is 49.4 cm³/mol. The average molecular weight is 192 g/mol. The lowest BCUT2D eigenvalue weighted by Crippen LogP contribution is -2.21. The molecule has 0 saturated heterocycles. The normalized spacial score (nSPS) is 10.2. The van der Waals surface area contributed by atoms with Crippen LogP contribution in [-0.2, 0) is 0 Å². The van der Waals surface area contributed by atoms with E-state index in [1.54, 1.807) is 6.07 Å². The van der Waals surface area contributed by atoms with E-state index in [1.807, 2.05) is 17.5 Å². The Labute approximate surface area is 78.6 Å². The van der Waals surface area contributed by atoms with Gasteiger partial charge in [0.05, 0.1) is 10.6 Å². The van der Waals surface area contributed by atoms with Gasteiger partial charge in [-0.05, 0) is 17.5 Å². The zero-order valence-corrected chi connectivity index (χ0v) is 7.41. The molecule has 65 valence electrons. The summed E-state index contributed by atoms with van der Waals surface area (Å²) in [5.41, 5.74) is 5.79. The molecule has 2 rings (SSSR count). The van der Waals surface area contributed by atoms with Crippen LogP contribution in [0.3, 0.4) is 0 Å². The summed E-state index contributed by atoms with van der Waals surface area (Å²) in [4.78, 5) is 11.8. The second-order valence-corrected chi connectivity index (χ2v) is 3.33. The van der Waals surface area contributed by atoms with Crippen molar-refractivity contribution in [2.45, 2.75) is 0 Å². The van der Waals surface area contributed by atoms with Gasteiger partial charge >= 0.3 is 6.03 Å². The molecule has 0 aliphatic heterocycles. The first-order valence-electron chi connectivity index (χ1n) is 3.59. The highest BCUT2D eigenvalue weighted by Gasteiger charge is 2.09. The fourth-order valence-corrected chi connectivity index (χ4v) is 1.76. The minimum absolute atomic E-state index is 0.593. The van der Waals surface area contributed by atoms with E-state index in [9.17, 15) is 4.79 Å². The molecule has 0 spiro atoms. The maximum Gasteiger partial charge on any atom is 0.340 e. The third-order valence-electron chi connectivity index (χ3n) is 1.57. The summed E-state index contributed by atoms with van der Waals surface area (Å²) in [5, 5.41) is 5.62. The lowest BCUT2D eigenvalue weighted by Gasteiger charge is -1.98. The van der Waals surface area contributed by atoms with Gasteiger partial charge in [0.2, 0.25) is 0 Å². The summed E-state index contributed by atoms with van der Waals surface area (Å²) in [6.07, 6.45) is 2.59. The van der Waals surface area contributed by atoms with Crippen molar-refractivity contribution in [1.82, 2.24) is 9.78 Å². The van der Waals surface area contributed by atoms with Crippen LogP contribution in [0.1, 0.15) is 0 Å². The quantitative estimate of drug-likeness (QED) is 0.741. The van der Waals surface area contributed by atoms with Crippen molar-refractivity contribution in [3.63, 3.8) is 0 Å². The molecule has 0 aromatic carbocycles. The molecule has 2 heterocycles. The third-order valence-corrected chi connectivity index (χ3v) is 2.46. The van der Waals surface area contributed by atoms with Gasteiger partial charge < -0.3 is 5.73 Å². The molecule has 4 nitrogen and oxygen atoms in total. The van der Waals surface area contributed by atoms with Gasteiger partial charge in [0.25, 0.3) is 0 Å². The summed E-state index contributed by atoms with van der Waals surface area (Å²) >= 11 is 1.52. The number of thiophene rings is 1. The number of nitrogens with zero attached hydrogens (tertiary/aromatic N) is 2. The van der Waals surface area contributed by atoms with Crippen LogP contribution in [0.15, 0.2) is 23.6 Å². The molecule has 0 saturated carbocycles. The van der Waals surface area contributed by atoms with Crippen LogP contribution >= 0.6 is 11.3 Å². The molecule has 1 radical (unpaired) electrons. The van der Waals surface area contributed by atoms with Crippen molar-refractivity contribution in [3.05, 3.63) is 29.8 Å². The van der Waals surface area contributed by atoms with E-state index in [0.29, 0.717) is 5.69 Å². The van der Waals surface area contributed by atoms with E-state index in [4.69, 9.17) is 5.73 Å². The van der Waals surface area contributed by atoms with E-state index < -0.39 is 6.03 Å². The summed E-state index contributed by atoms with van der Waals surface area (Å²) < 4.78 is 1.13. The molecule has 0 aliphatic rings. The van der Waals surface area contributed by atoms with Gasteiger partial charge in [-0.2, -0.15) is 9.78 Å². The second-order valence-electron chi connectivity index (χ2n) is 2.39. The largest absolute Gasteiger partial charge is 0.350 e. The number of amides is 1. The number of aromatic nitrogens is 2. The van der Waals surface area contributed by atoms with Crippen LogP contribution < -0.4 is 5.73 Å². The zero-order valence-electron chi connectivity index (χ0n) is 6.60. The number of hydrogen-bond acceptors (Lipinski definition) is 3. The first-order valence-corrected chi connectivity index (χ1v) is 4.47. The highest BCUT2D eigenvalue weighted by Crippen LogP contribution is 2.23. The van der Waals surface area contributed by atoms with E-state index >= 15 is 0 Å². The molecule has 0 atom stereocenters. The Balaban J connectivity index is 2.52. The smallest absolute Gasteiger partial charge is 0.340 e. The average Bonchev–Trinajstić information content (AvgIpc) is 2.74. The highest BCUT2D eigenvalue weighted by atomic mass is 32.1. The van der Waals surface area contributed by atoms with Gasteiger partial charge in [-0.3, -0.25) is 0 Å². The number of carbonyl (C=O) groups excluding carboxylic acids is 1. The summed E-state index contributed by atoms with van der Waals surface area (Å²) in [7, 11) is 0. The van der Waals surface area contributed by atoms with Crippen LogP contribution in [0.4, 0.5) is 4.79 Å². The van der Waals surface area contributed by atoms with Crippen LogP contribution in [0.5, 0.6) is 0 Å². The Morgan fingerprint density at radius 1 is 1.69 bits per heavy atom. The Morgan fingerprint density at radius 3 is 3.15 bits per heavy atom. The fourth-order valence-electron chi connectivity index (χ4n) is 1.03. The van der Waals surface area contributed by atoms with E-state index in [1.165, 1.54) is 11.3 Å².